The van der Waals surface area contributed by atoms with Gasteiger partial charge in [0, 0.05) is 38.2 Å². The zero-order chi connectivity index (χ0) is 22.1. The van der Waals surface area contributed by atoms with Gasteiger partial charge in [-0.25, -0.2) is 8.78 Å². The molecule has 0 bridgehead atoms. The summed E-state index contributed by atoms with van der Waals surface area (Å²) in [4.78, 5) is 29.7. The van der Waals surface area contributed by atoms with Crippen LogP contribution in [0.25, 0.3) is 0 Å². The number of benzene rings is 1. The Labute approximate surface area is 184 Å². The molecule has 2 amide bonds. The maximum atomic E-state index is 14.4. The summed E-state index contributed by atoms with van der Waals surface area (Å²) in [6, 6.07) is 3.41. The number of nitrogens with zero attached hydrogens (tertiary/aromatic N) is 4. The van der Waals surface area contributed by atoms with Crippen LogP contribution in [0.1, 0.15) is 46.6 Å². The van der Waals surface area contributed by atoms with E-state index in [9.17, 15) is 18.4 Å². The number of hydrogen-bond donors (Lipinski definition) is 0. The summed E-state index contributed by atoms with van der Waals surface area (Å²) in [5.41, 5.74) is 1.04. The first-order valence-electron chi connectivity index (χ1n) is 10.6. The van der Waals surface area contributed by atoms with Crippen LogP contribution >= 0.6 is 11.5 Å². The molecule has 4 rings (SSSR count). The van der Waals surface area contributed by atoms with Gasteiger partial charge in [0.15, 0.2) is 0 Å². The van der Waals surface area contributed by atoms with Crippen LogP contribution in [-0.2, 0) is 11.2 Å². The first kappa shape index (κ1) is 21.8. The molecule has 1 saturated carbocycles. The van der Waals surface area contributed by atoms with E-state index in [1.165, 1.54) is 12.1 Å². The molecule has 1 aromatic carbocycles. The number of hydrogen-bond acceptors (Lipinski definition) is 5. The molecule has 1 saturated heterocycles. The van der Waals surface area contributed by atoms with Crippen molar-refractivity contribution < 1.29 is 18.4 Å². The van der Waals surface area contributed by atoms with Gasteiger partial charge in [0.05, 0.1) is 5.69 Å². The maximum Gasteiger partial charge on any atom is 0.267 e. The second kappa shape index (κ2) is 8.98. The van der Waals surface area contributed by atoms with Gasteiger partial charge in [-0.3, -0.25) is 9.59 Å². The van der Waals surface area contributed by atoms with Gasteiger partial charge in [-0.15, -0.1) is 5.10 Å². The molecule has 166 valence electrons. The van der Waals surface area contributed by atoms with Crippen molar-refractivity contribution in [1.29, 1.82) is 0 Å². The second-order valence-corrected chi connectivity index (χ2v) is 9.30. The average Bonchev–Trinajstić information content (AvgIpc) is 3.52. The Hall–Kier alpha value is -2.42. The van der Waals surface area contributed by atoms with Gasteiger partial charge in [0.1, 0.15) is 16.5 Å². The van der Waals surface area contributed by atoms with Crippen LogP contribution in [0, 0.1) is 30.4 Å². The molecule has 1 aromatic heterocycles. The molecule has 31 heavy (non-hydrogen) atoms. The highest BCUT2D eigenvalue weighted by atomic mass is 32.1. The molecule has 1 aliphatic carbocycles. The van der Waals surface area contributed by atoms with E-state index in [4.69, 9.17) is 0 Å². The Morgan fingerprint density at radius 3 is 2.52 bits per heavy atom. The van der Waals surface area contributed by atoms with Crippen LogP contribution in [0.15, 0.2) is 18.2 Å². The van der Waals surface area contributed by atoms with Crippen molar-refractivity contribution >= 4 is 23.3 Å². The fourth-order valence-corrected chi connectivity index (χ4v) is 5.00. The highest BCUT2D eigenvalue weighted by Crippen LogP contribution is 2.34. The third kappa shape index (κ3) is 4.76. The van der Waals surface area contributed by atoms with Crippen molar-refractivity contribution in [2.45, 2.75) is 45.1 Å². The standard InChI is InChI=1S/C22H26F2N4O2S/c1-13-20(31-26-25-13)22(30)28-9-7-14(8-10-28)19(27(2)21(29)15-3-4-15)11-16-5-6-17(23)12-18(16)24/h5-6,12,14-15,19H,3-4,7-11H2,1-2H3. The van der Waals surface area contributed by atoms with E-state index < -0.39 is 11.6 Å². The summed E-state index contributed by atoms with van der Waals surface area (Å²) in [6.45, 7) is 2.90. The number of likely N-dealkylation sites (N-methyl/N-ethyl adjacent to an activating group) is 1. The van der Waals surface area contributed by atoms with Gasteiger partial charge in [-0.1, -0.05) is 10.6 Å². The summed E-state index contributed by atoms with van der Waals surface area (Å²) >= 11 is 1.10. The summed E-state index contributed by atoms with van der Waals surface area (Å²) in [5.74, 6) is -0.972. The lowest BCUT2D eigenvalue weighted by Crippen LogP contribution is -2.49. The molecule has 1 aliphatic heterocycles. The van der Waals surface area contributed by atoms with Crippen LogP contribution < -0.4 is 0 Å². The monoisotopic (exact) mass is 448 g/mol. The summed E-state index contributed by atoms with van der Waals surface area (Å²) in [6.07, 6.45) is 3.56. The first-order chi connectivity index (χ1) is 14.8. The molecule has 2 aromatic rings. The molecule has 2 fully saturated rings. The van der Waals surface area contributed by atoms with Crippen LogP contribution in [0.5, 0.6) is 0 Å². The van der Waals surface area contributed by atoms with Gasteiger partial charge < -0.3 is 9.80 Å². The Balaban J connectivity index is 1.48. The van der Waals surface area contributed by atoms with Crippen molar-refractivity contribution in [3.8, 4) is 0 Å². The fraction of sp³-hybridized carbons (Fsp3) is 0.545. The zero-order valence-electron chi connectivity index (χ0n) is 17.7. The zero-order valence-corrected chi connectivity index (χ0v) is 18.5. The van der Waals surface area contributed by atoms with E-state index >= 15 is 0 Å². The van der Waals surface area contributed by atoms with E-state index in [1.807, 2.05) is 0 Å². The molecule has 0 spiro atoms. The average molecular weight is 449 g/mol. The van der Waals surface area contributed by atoms with E-state index in [2.05, 4.69) is 9.59 Å². The molecule has 0 radical (unpaired) electrons. The predicted octanol–water partition coefficient (Wildman–Crippen LogP) is 3.46. The Kier molecular flexibility index (Phi) is 6.31. The lowest BCUT2D eigenvalue weighted by atomic mass is 9.84. The number of likely N-dealkylation sites (tertiary alicyclic amines) is 1. The van der Waals surface area contributed by atoms with Crippen molar-refractivity contribution in [2.75, 3.05) is 20.1 Å². The van der Waals surface area contributed by atoms with E-state index in [0.29, 0.717) is 48.5 Å². The molecule has 0 N–H and O–H groups in total. The number of aryl methyl sites for hydroxylation is 1. The van der Waals surface area contributed by atoms with Gasteiger partial charge >= 0.3 is 0 Å². The highest BCUT2D eigenvalue weighted by Gasteiger charge is 2.38. The minimum Gasteiger partial charge on any atom is -0.342 e. The number of amides is 2. The van der Waals surface area contributed by atoms with Gasteiger partial charge in [0.25, 0.3) is 5.91 Å². The summed E-state index contributed by atoms with van der Waals surface area (Å²) in [5, 5.41) is 3.92. The van der Waals surface area contributed by atoms with Gasteiger partial charge in [-0.2, -0.15) is 0 Å². The molecular weight excluding hydrogens is 422 g/mol. The fourth-order valence-electron chi connectivity index (χ4n) is 4.37. The third-order valence-electron chi connectivity index (χ3n) is 6.43. The quantitative estimate of drug-likeness (QED) is 0.679. The van der Waals surface area contributed by atoms with Crippen molar-refractivity contribution in [1.82, 2.24) is 19.4 Å². The predicted molar refractivity (Wildman–Crippen MR) is 113 cm³/mol. The Morgan fingerprint density at radius 2 is 1.94 bits per heavy atom. The van der Waals surface area contributed by atoms with Crippen LogP contribution in [0.2, 0.25) is 0 Å². The minimum absolute atomic E-state index is 0.0607. The molecule has 2 heterocycles. The first-order valence-corrected chi connectivity index (χ1v) is 11.4. The van der Waals surface area contributed by atoms with Gasteiger partial charge in [-0.05, 0) is 68.1 Å². The number of carbonyl (C=O) groups excluding carboxylic acids is 2. The topological polar surface area (TPSA) is 66.4 Å². The molecule has 2 aliphatic rings. The maximum absolute atomic E-state index is 14.4. The van der Waals surface area contributed by atoms with Gasteiger partial charge in [0.2, 0.25) is 5.91 Å². The number of aromatic nitrogens is 2. The van der Waals surface area contributed by atoms with E-state index in [1.54, 1.807) is 23.8 Å². The lowest BCUT2D eigenvalue weighted by Gasteiger charge is -2.40. The van der Waals surface area contributed by atoms with E-state index in [0.717, 1.165) is 30.4 Å². The van der Waals surface area contributed by atoms with Crippen molar-refractivity contribution in [2.24, 2.45) is 11.8 Å². The Morgan fingerprint density at radius 1 is 1.23 bits per heavy atom. The SMILES string of the molecule is Cc1nnsc1C(=O)N1CCC(C(Cc2ccc(F)cc2F)N(C)C(=O)C2CC2)CC1. The van der Waals surface area contributed by atoms with Crippen molar-refractivity contribution in [3.05, 3.63) is 46.0 Å². The Bertz CT molecular complexity index is 970. The lowest BCUT2D eigenvalue weighted by molar-refractivity contribution is -0.134. The number of piperidine rings is 1. The smallest absolute Gasteiger partial charge is 0.267 e. The van der Waals surface area contributed by atoms with E-state index in [-0.39, 0.29) is 29.7 Å². The molecular formula is C22H26F2N4O2S. The van der Waals surface area contributed by atoms with Crippen LogP contribution in [0.3, 0.4) is 0 Å². The second-order valence-electron chi connectivity index (χ2n) is 8.55. The summed E-state index contributed by atoms with van der Waals surface area (Å²) < 4.78 is 31.6. The summed E-state index contributed by atoms with van der Waals surface area (Å²) in [7, 11) is 1.79. The molecule has 6 nitrogen and oxygen atoms in total. The third-order valence-corrected chi connectivity index (χ3v) is 7.25. The molecule has 9 heteroatoms. The number of carbonyl (C=O) groups is 2. The van der Waals surface area contributed by atoms with Crippen molar-refractivity contribution in [3.63, 3.8) is 0 Å². The van der Waals surface area contributed by atoms with Crippen LogP contribution in [0.4, 0.5) is 8.78 Å². The largest absolute Gasteiger partial charge is 0.342 e. The molecule has 1 unspecified atom stereocenters. The number of halogens is 2. The number of rotatable bonds is 6. The minimum atomic E-state index is -0.611. The molecule has 1 atom stereocenters. The normalized spacial score (nSPS) is 18.1. The highest BCUT2D eigenvalue weighted by molar-refractivity contribution is 7.07. The van der Waals surface area contributed by atoms with Crippen LogP contribution in [-0.4, -0.2) is 57.4 Å².